The highest BCUT2D eigenvalue weighted by Crippen LogP contribution is 2.38. The normalized spacial score (nSPS) is 18.7. The summed E-state index contributed by atoms with van der Waals surface area (Å²) in [6, 6.07) is 5.47. The second-order valence-corrected chi connectivity index (χ2v) is 12.8. The predicted molar refractivity (Wildman–Crippen MR) is 151 cm³/mol. The molecule has 2 saturated heterocycles. The van der Waals surface area contributed by atoms with E-state index < -0.39 is 29.3 Å². The quantitative estimate of drug-likeness (QED) is 0.282. The summed E-state index contributed by atoms with van der Waals surface area (Å²) in [7, 11) is 0. The molecular formula is C27H29Cl2FN4O6S. The lowest BCUT2D eigenvalue weighted by molar-refractivity contribution is -0.0813. The van der Waals surface area contributed by atoms with Gasteiger partial charge < -0.3 is 23.7 Å². The topological polar surface area (TPSA) is 105 Å². The maximum Gasteiger partial charge on any atom is 0.413 e. The molecule has 2 fully saturated rings. The summed E-state index contributed by atoms with van der Waals surface area (Å²) in [5.41, 5.74) is -0.600. The third-order valence-electron chi connectivity index (χ3n) is 6.19. The van der Waals surface area contributed by atoms with Gasteiger partial charge in [0.2, 0.25) is 5.88 Å². The van der Waals surface area contributed by atoms with Crippen molar-refractivity contribution in [2.24, 2.45) is 0 Å². The van der Waals surface area contributed by atoms with Gasteiger partial charge in [-0.1, -0.05) is 34.5 Å². The minimum Gasteiger partial charge on any atom is -0.488 e. The Balaban J connectivity index is 1.30. The van der Waals surface area contributed by atoms with Crippen LogP contribution in [0.25, 0.3) is 21.1 Å². The standard InChI is InChI=1S/C27H29Cl2FN4O6S/c1-26(2,3)40-25(35)34-15(11-38-27(34,4)5)10-37-20-9-18(28)17(8-19(20)30)24-33-32-23(41-24)14-6-21(29)31-22(7-14)39-16-12-36-13-16/h6-9,15-16H,10-13H2,1-5H3. The maximum atomic E-state index is 15.2. The van der Waals surface area contributed by atoms with Gasteiger partial charge in [-0.05, 0) is 46.8 Å². The van der Waals surface area contributed by atoms with Gasteiger partial charge in [0.1, 0.15) is 39.2 Å². The van der Waals surface area contributed by atoms with Gasteiger partial charge in [-0.25, -0.2) is 14.2 Å². The Bertz CT molecular complexity index is 1450. The lowest BCUT2D eigenvalue weighted by Crippen LogP contribution is -2.51. The molecule has 0 bridgehead atoms. The molecule has 220 valence electrons. The molecule has 0 radical (unpaired) electrons. The number of carbonyl (C=O) groups excluding carboxylic acids is 1. The van der Waals surface area contributed by atoms with Crippen LogP contribution in [0.5, 0.6) is 11.6 Å². The molecule has 41 heavy (non-hydrogen) atoms. The number of benzene rings is 1. The molecule has 14 heteroatoms. The highest BCUT2D eigenvalue weighted by atomic mass is 35.5. The van der Waals surface area contributed by atoms with Crippen LogP contribution in [0.2, 0.25) is 10.2 Å². The minimum absolute atomic E-state index is 0.0294. The molecule has 4 heterocycles. The molecule has 0 saturated carbocycles. The third kappa shape index (κ3) is 6.83. The molecule has 5 rings (SSSR count). The number of nitrogens with zero attached hydrogens (tertiary/aromatic N) is 4. The summed E-state index contributed by atoms with van der Waals surface area (Å²) < 4.78 is 43.2. The number of halogens is 3. The van der Waals surface area contributed by atoms with Crippen molar-refractivity contribution in [2.75, 3.05) is 26.4 Å². The van der Waals surface area contributed by atoms with Gasteiger partial charge in [-0.3, -0.25) is 4.90 Å². The Morgan fingerprint density at radius 1 is 1.15 bits per heavy atom. The number of amides is 1. The lowest BCUT2D eigenvalue weighted by Gasteiger charge is -2.35. The summed E-state index contributed by atoms with van der Waals surface area (Å²) in [5.74, 6) is -0.363. The van der Waals surface area contributed by atoms with Gasteiger partial charge in [-0.15, -0.1) is 10.2 Å². The van der Waals surface area contributed by atoms with E-state index in [1.54, 1.807) is 46.8 Å². The molecule has 1 amide bonds. The molecule has 3 aromatic rings. The van der Waals surface area contributed by atoms with Crippen LogP contribution in [0, 0.1) is 5.82 Å². The Hall–Kier alpha value is -2.77. The number of carbonyl (C=O) groups is 1. The van der Waals surface area contributed by atoms with E-state index in [2.05, 4.69) is 15.2 Å². The highest BCUT2D eigenvalue weighted by Gasteiger charge is 2.46. The SMILES string of the molecule is CC(C)(C)OC(=O)N1C(COc2cc(Cl)c(-c3nnc(-c4cc(Cl)nc(OC5COC5)c4)s3)cc2F)COC1(C)C. The van der Waals surface area contributed by atoms with Crippen molar-refractivity contribution in [2.45, 2.75) is 58.1 Å². The van der Waals surface area contributed by atoms with Crippen LogP contribution >= 0.6 is 34.5 Å². The van der Waals surface area contributed by atoms with E-state index in [9.17, 15) is 4.79 Å². The fraction of sp³-hybridized carbons (Fsp3) is 0.481. The summed E-state index contributed by atoms with van der Waals surface area (Å²) in [6.45, 7) is 10.0. The van der Waals surface area contributed by atoms with Gasteiger partial charge in [0.15, 0.2) is 11.6 Å². The van der Waals surface area contributed by atoms with E-state index in [4.69, 9.17) is 46.9 Å². The third-order valence-corrected chi connectivity index (χ3v) is 7.70. The predicted octanol–water partition coefficient (Wildman–Crippen LogP) is 6.24. The number of hydrogen-bond acceptors (Lipinski definition) is 10. The van der Waals surface area contributed by atoms with Crippen LogP contribution in [-0.2, 0) is 14.2 Å². The van der Waals surface area contributed by atoms with Crippen molar-refractivity contribution in [3.05, 3.63) is 40.3 Å². The number of rotatable bonds is 7. The van der Waals surface area contributed by atoms with E-state index in [1.165, 1.54) is 28.4 Å². The number of pyridine rings is 1. The molecule has 2 aliphatic heterocycles. The zero-order valence-corrected chi connectivity index (χ0v) is 25.4. The van der Waals surface area contributed by atoms with Crippen LogP contribution < -0.4 is 9.47 Å². The van der Waals surface area contributed by atoms with E-state index in [-0.39, 0.29) is 35.2 Å². The largest absolute Gasteiger partial charge is 0.488 e. The monoisotopic (exact) mass is 626 g/mol. The maximum absolute atomic E-state index is 15.2. The smallest absolute Gasteiger partial charge is 0.413 e. The van der Waals surface area contributed by atoms with Crippen LogP contribution in [0.1, 0.15) is 34.6 Å². The summed E-state index contributed by atoms with van der Waals surface area (Å²) >= 11 is 13.9. The average Bonchev–Trinajstić information content (AvgIpc) is 3.44. The highest BCUT2D eigenvalue weighted by molar-refractivity contribution is 7.18. The Morgan fingerprint density at radius 3 is 2.56 bits per heavy atom. The van der Waals surface area contributed by atoms with Crippen molar-refractivity contribution in [3.8, 4) is 32.8 Å². The van der Waals surface area contributed by atoms with Crippen LogP contribution in [0.3, 0.4) is 0 Å². The second kappa shape index (κ2) is 11.5. The van der Waals surface area contributed by atoms with Gasteiger partial charge in [0.05, 0.1) is 30.9 Å². The summed E-state index contributed by atoms with van der Waals surface area (Å²) in [6.07, 6.45) is -0.616. The first-order chi connectivity index (χ1) is 19.3. The fourth-order valence-electron chi connectivity index (χ4n) is 4.23. The molecule has 0 aliphatic carbocycles. The van der Waals surface area contributed by atoms with Crippen molar-refractivity contribution < 1.29 is 32.9 Å². The molecule has 0 N–H and O–H groups in total. The molecule has 0 spiro atoms. The van der Waals surface area contributed by atoms with Gasteiger partial charge in [-0.2, -0.15) is 0 Å². The lowest BCUT2D eigenvalue weighted by atomic mass is 10.2. The Kier molecular flexibility index (Phi) is 8.32. The summed E-state index contributed by atoms with van der Waals surface area (Å²) in [4.78, 5) is 18.5. The van der Waals surface area contributed by atoms with Gasteiger partial charge >= 0.3 is 6.09 Å². The molecule has 10 nitrogen and oxygen atoms in total. The van der Waals surface area contributed by atoms with Crippen LogP contribution in [-0.4, -0.2) is 76.1 Å². The molecule has 1 aromatic carbocycles. The fourth-order valence-corrected chi connectivity index (χ4v) is 5.59. The van der Waals surface area contributed by atoms with E-state index in [1.807, 2.05) is 0 Å². The van der Waals surface area contributed by atoms with Gasteiger partial charge in [0, 0.05) is 23.3 Å². The van der Waals surface area contributed by atoms with Crippen LogP contribution in [0.15, 0.2) is 24.3 Å². The Labute approximate surface area is 250 Å². The molecule has 2 aromatic heterocycles. The van der Waals surface area contributed by atoms with Crippen molar-refractivity contribution in [1.29, 1.82) is 0 Å². The number of ether oxygens (including phenoxy) is 5. The molecular weight excluding hydrogens is 598 g/mol. The second-order valence-electron chi connectivity index (χ2n) is 11.0. The first kappa shape index (κ1) is 29.7. The van der Waals surface area contributed by atoms with Crippen molar-refractivity contribution in [3.63, 3.8) is 0 Å². The first-order valence-electron chi connectivity index (χ1n) is 12.8. The molecule has 1 unspecified atom stereocenters. The van der Waals surface area contributed by atoms with E-state index in [0.29, 0.717) is 40.2 Å². The van der Waals surface area contributed by atoms with Crippen molar-refractivity contribution in [1.82, 2.24) is 20.1 Å². The minimum atomic E-state index is -0.913. The zero-order chi connectivity index (χ0) is 29.5. The van der Waals surface area contributed by atoms with E-state index >= 15 is 4.39 Å². The number of aromatic nitrogens is 3. The molecule has 1 atom stereocenters. The number of hydrogen-bond donors (Lipinski definition) is 0. The first-order valence-corrected chi connectivity index (χ1v) is 14.4. The Morgan fingerprint density at radius 2 is 1.88 bits per heavy atom. The average molecular weight is 628 g/mol. The van der Waals surface area contributed by atoms with Crippen molar-refractivity contribution >= 4 is 40.6 Å². The summed E-state index contributed by atoms with van der Waals surface area (Å²) in [5, 5.41) is 9.82. The van der Waals surface area contributed by atoms with Gasteiger partial charge in [0.25, 0.3) is 0 Å². The molecule has 2 aliphatic rings. The van der Waals surface area contributed by atoms with E-state index in [0.717, 1.165) is 0 Å². The zero-order valence-electron chi connectivity index (χ0n) is 23.1. The van der Waals surface area contributed by atoms with Crippen LogP contribution in [0.4, 0.5) is 9.18 Å².